The molecule has 1 aromatic rings. The average Bonchev–Trinajstić information content (AvgIpc) is 2.15. The molecule has 0 amide bonds. The normalized spacial score (nSPS) is 18.6. The van der Waals surface area contributed by atoms with E-state index in [1.54, 1.807) is 13.0 Å². The second kappa shape index (κ2) is 4.31. The van der Waals surface area contributed by atoms with Crippen molar-refractivity contribution in [2.75, 3.05) is 0 Å². The third-order valence-electron chi connectivity index (χ3n) is 3.44. The molecule has 82 valence electrons. The Morgan fingerprint density at radius 3 is 2.73 bits per heavy atom. The van der Waals surface area contributed by atoms with Crippen molar-refractivity contribution in [3.63, 3.8) is 0 Å². The van der Waals surface area contributed by atoms with Crippen LogP contribution >= 0.6 is 0 Å². The molecule has 0 bridgehead atoms. The van der Waals surface area contributed by atoms with E-state index in [0.29, 0.717) is 5.56 Å². The van der Waals surface area contributed by atoms with Crippen LogP contribution in [0.1, 0.15) is 42.9 Å². The molecule has 0 radical (unpaired) electrons. The Morgan fingerprint density at radius 2 is 2.20 bits per heavy atom. The lowest BCUT2D eigenvalue weighted by atomic mass is 9.80. The lowest BCUT2D eigenvalue weighted by Crippen LogP contribution is -2.20. The molecule has 0 saturated heterocycles. The first kappa shape index (κ1) is 10.6. The molecule has 0 spiro atoms. The monoisotopic (exact) mass is 207 g/mol. The highest BCUT2D eigenvalue weighted by Gasteiger charge is 2.21. The number of benzene rings is 1. The fraction of sp³-hybridized carbons (Fsp3) is 0.538. The molecule has 1 aliphatic carbocycles. The molecule has 2 N–H and O–H groups in total. The second-order valence-corrected chi connectivity index (χ2v) is 4.65. The van der Waals surface area contributed by atoms with E-state index in [0.717, 1.165) is 17.9 Å². The van der Waals surface area contributed by atoms with Gasteiger partial charge >= 0.3 is 0 Å². The van der Waals surface area contributed by atoms with Crippen LogP contribution in [-0.2, 0) is 0 Å². The zero-order chi connectivity index (χ0) is 10.8. The first-order chi connectivity index (χ1) is 7.16. The fourth-order valence-corrected chi connectivity index (χ4v) is 2.06. The predicted molar refractivity (Wildman–Crippen MR) is 60.0 cm³/mol. The van der Waals surface area contributed by atoms with Gasteiger partial charge in [-0.2, -0.15) is 0 Å². The zero-order valence-electron chi connectivity index (χ0n) is 9.17. The van der Waals surface area contributed by atoms with Crippen molar-refractivity contribution in [1.29, 1.82) is 0 Å². The Balaban J connectivity index is 2.03. The summed E-state index contributed by atoms with van der Waals surface area (Å²) in [6.45, 7) is 1.77. The molecule has 15 heavy (non-hydrogen) atoms. The summed E-state index contributed by atoms with van der Waals surface area (Å²) in [6.07, 6.45) is 4.92. The van der Waals surface area contributed by atoms with Gasteiger partial charge in [0.05, 0.1) is 0 Å². The van der Waals surface area contributed by atoms with Gasteiger partial charge in [-0.25, -0.2) is 4.39 Å². The van der Waals surface area contributed by atoms with E-state index in [-0.39, 0.29) is 11.9 Å². The second-order valence-electron chi connectivity index (χ2n) is 4.65. The van der Waals surface area contributed by atoms with Gasteiger partial charge in [0, 0.05) is 6.04 Å². The first-order valence-corrected chi connectivity index (χ1v) is 5.68. The van der Waals surface area contributed by atoms with E-state index < -0.39 is 0 Å². The van der Waals surface area contributed by atoms with E-state index in [1.165, 1.54) is 19.3 Å². The maximum absolute atomic E-state index is 13.3. The highest BCUT2D eigenvalue weighted by molar-refractivity contribution is 5.25. The summed E-state index contributed by atoms with van der Waals surface area (Å²) in [5.41, 5.74) is 7.68. The molecule has 1 fully saturated rings. The number of rotatable bonds is 3. The van der Waals surface area contributed by atoms with Crippen molar-refractivity contribution >= 4 is 0 Å². The van der Waals surface area contributed by atoms with E-state index in [4.69, 9.17) is 5.73 Å². The van der Waals surface area contributed by atoms with E-state index in [2.05, 4.69) is 0 Å². The molecule has 2 heteroatoms. The van der Waals surface area contributed by atoms with Gasteiger partial charge in [0.2, 0.25) is 0 Å². The van der Waals surface area contributed by atoms with Crippen LogP contribution in [0.2, 0.25) is 0 Å². The SMILES string of the molecule is Cc1ccc(C(N)CC2CCC2)cc1F. The Kier molecular flexibility index (Phi) is 3.06. The Bertz CT molecular complexity index is 344. The molecule has 0 heterocycles. The van der Waals surface area contributed by atoms with Crippen LogP contribution in [0.4, 0.5) is 4.39 Å². The standard InChI is InChI=1S/C13H18FN/c1-9-5-6-11(8-12(9)14)13(15)7-10-3-2-4-10/h5-6,8,10,13H,2-4,7,15H2,1H3. The molecule has 0 aliphatic heterocycles. The summed E-state index contributed by atoms with van der Waals surface area (Å²) in [7, 11) is 0. The number of halogens is 1. The van der Waals surface area contributed by atoms with Crippen molar-refractivity contribution in [1.82, 2.24) is 0 Å². The van der Waals surface area contributed by atoms with E-state index in [9.17, 15) is 4.39 Å². The summed E-state index contributed by atoms with van der Waals surface area (Å²) in [5.74, 6) is 0.626. The minimum atomic E-state index is -0.142. The molecular weight excluding hydrogens is 189 g/mol. The molecule has 1 nitrogen and oxygen atoms in total. The van der Waals surface area contributed by atoms with Crippen molar-refractivity contribution in [2.24, 2.45) is 11.7 Å². The summed E-state index contributed by atoms with van der Waals surface area (Å²) in [6, 6.07) is 5.34. The molecular formula is C13H18FN. The van der Waals surface area contributed by atoms with Gasteiger partial charge in [-0.1, -0.05) is 31.4 Å². The molecule has 1 aromatic carbocycles. The summed E-state index contributed by atoms with van der Waals surface area (Å²) < 4.78 is 13.3. The largest absolute Gasteiger partial charge is 0.324 e. The van der Waals surface area contributed by atoms with Crippen molar-refractivity contribution in [3.8, 4) is 0 Å². The predicted octanol–water partition coefficient (Wildman–Crippen LogP) is 3.32. The quantitative estimate of drug-likeness (QED) is 0.808. The van der Waals surface area contributed by atoms with E-state index >= 15 is 0 Å². The van der Waals surface area contributed by atoms with Crippen LogP contribution in [0.15, 0.2) is 18.2 Å². The van der Waals surface area contributed by atoms with Crippen LogP contribution in [0.25, 0.3) is 0 Å². The molecule has 1 atom stereocenters. The minimum Gasteiger partial charge on any atom is -0.324 e. The maximum atomic E-state index is 13.3. The first-order valence-electron chi connectivity index (χ1n) is 5.68. The topological polar surface area (TPSA) is 26.0 Å². The van der Waals surface area contributed by atoms with Crippen LogP contribution in [0.3, 0.4) is 0 Å². The number of hydrogen-bond donors (Lipinski definition) is 1. The van der Waals surface area contributed by atoms with Crippen molar-refractivity contribution in [2.45, 2.75) is 38.6 Å². The van der Waals surface area contributed by atoms with Crippen molar-refractivity contribution < 1.29 is 4.39 Å². The Morgan fingerprint density at radius 1 is 1.47 bits per heavy atom. The lowest BCUT2D eigenvalue weighted by molar-refractivity contribution is 0.277. The summed E-state index contributed by atoms with van der Waals surface area (Å²) in [4.78, 5) is 0. The molecule has 1 saturated carbocycles. The molecule has 0 aromatic heterocycles. The zero-order valence-corrected chi connectivity index (χ0v) is 9.17. The maximum Gasteiger partial charge on any atom is 0.126 e. The van der Waals surface area contributed by atoms with Gasteiger partial charge in [0.25, 0.3) is 0 Å². The van der Waals surface area contributed by atoms with Gasteiger partial charge in [0.1, 0.15) is 5.82 Å². The van der Waals surface area contributed by atoms with Gasteiger partial charge in [-0.15, -0.1) is 0 Å². The summed E-state index contributed by atoms with van der Waals surface area (Å²) >= 11 is 0. The fourth-order valence-electron chi connectivity index (χ4n) is 2.06. The molecule has 1 aliphatic rings. The Labute approximate surface area is 90.5 Å². The smallest absolute Gasteiger partial charge is 0.126 e. The summed E-state index contributed by atoms with van der Waals surface area (Å²) in [5, 5.41) is 0. The van der Waals surface area contributed by atoms with Crippen LogP contribution in [0.5, 0.6) is 0 Å². The third kappa shape index (κ3) is 2.37. The highest BCUT2D eigenvalue weighted by atomic mass is 19.1. The van der Waals surface area contributed by atoms with Crippen molar-refractivity contribution in [3.05, 3.63) is 35.1 Å². The highest BCUT2D eigenvalue weighted by Crippen LogP contribution is 2.33. The van der Waals surface area contributed by atoms with Gasteiger partial charge in [-0.05, 0) is 36.5 Å². The van der Waals surface area contributed by atoms with E-state index in [1.807, 2.05) is 12.1 Å². The van der Waals surface area contributed by atoms with Gasteiger partial charge in [-0.3, -0.25) is 0 Å². The number of aryl methyl sites for hydroxylation is 1. The molecule has 2 rings (SSSR count). The third-order valence-corrected chi connectivity index (χ3v) is 3.44. The Hall–Kier alpha value is -0.890. The van der Waals surface area contributed by atoms with Gasteiger partial charge in [0.15, 0.2) is 0 Å². The van der Waals surface area contributed by atoms with Crippen LogP contribution in [-0.4, -0.2) is 0 Å². The number of nitrogens with two attached hydrogens (primary N) is 1. The molecule has 1 unspecified atom stereocenters. The van der Waals surface area contributed by atoms with Crippen LogP contribution in [0, 0.1) is 18.7 Å². The minimum absolute atomic E-state index is 0.00500. The van der Waals surface area contributed by atoms with Gasteiger partial charge < -0.3 is 5.73 Å². The number of hydrogen-bond acceptors (Lipinski definition) is 1. The average molecular weight is 207 g/mol. The lowest BCUT2D eigenvalue weighted by Gasteiger charge is -2.28. The van der Waals surface area contributed by atoms with Crippen LogP contribution < -0.4 is 5.73 Å².